The minimum Gasteiger partial charge on any atom is -0.508 e. The number of benzene rings is 1. The number of carbonyl (C=O) groups excluding carboxylic acids is 1. The topological polar surface area (TPSA) is 73.1 Å². The number of hydrogen-bond donors (Lipinski definition) is 2. The van der Waals surface area contributed by atoms with Crippen molar-refractivity contribution in [1.29, 1.82) is 0 Å². The van der Waals surface area contributed by atoms with Gasteiger partial charge in [0.25, 0.3) is 0 Å². The van der Waals surface area contributed by atoms with Crippen molar-refractivity contribution in [2.75, 3.05) is 13.1 Å². The van der Waals surface area contributed by atoms with E-state index in [0.717, 1.165) is 49.8 Å². The molecule has 2 N–H and O–H groups in total. The maximum Gasteiger partial charge on any atom is 0.226 e. The standard InChI is InChI=1S/C22H28N2O3/c25-20-7-5-19(6-8-20)24-11-9-17(22(24)27)12-16-4-3-15(13-21(16)26)18-2-1-10-23-14-18/h1-4,10,13,17-20,25-26H,5-9,11-12,14H2. The number of aliphatic hydroxyl groups is 1. The molecule has 1 saturated heterocycles. The van der Waals surface area contributed by atoms with Crippen molar-refractivity contribution in [2.24, 2.45) is 10.9 Å². The van der Waals surface area contributed by atoms with Crippen molar-refractivity contribution in [2.45, 2.75) is 56.6 Å². The van der Waals surface area contributed by atoms with Crippen LogP contribution in [0.25, 0.3) is 0 Å². The number of likely N-dealkylation sites (tertiary alicyclic amines) is 1. The molecular weight excluding hydrogens is 340 g/mol. The van der Waals surface area contributed by atoms with Gasteiger partial charge in [0.2, 0.25) is 5.91 Å². The molecule has 1 saturated carbocycles. The molecule has 2 atom stereocenters. The zero-order chi connectivity index (χ0) is 18.8. The number of rotatable bonds is 4. The maximum absolute atomic E-state index is 12.9. The Labute approximate surface area is 160 Å². The summed E-state index contributed by atoms with van der Waals surface area (Å²) in [4.78, 5) is 19.2. The number of nitrogens with zero attached hydrogens (tertiary/aromatic N) is 2. The molecule has 2 unspecified atom stereocenters. The van der Waals surface area contributed by atoms with Crippen LogP contribution in [0.1, 0.15) is 49.1 Å². The minimum atomic E-state index is -0.199. The van der Waals surface area contributed by atoms with E-state index < -0.39 is 0 Å². The Morgan fingerprint density at radius 3 is 2.67 bits per heavy atom. The molecule has 144 valence electrons. The number of phenols is 1. The van der Waals surface area contributed by atoms with Gasteiger partial charge in [0.1, 0.15) is 5.75 Å². The van der Waals surface area contributed by atoms with Gasteiger partial charge in [-0.1, -0.05) is 18.2 Å². The van der Waals surface area contributed by atoms with Crippen molar-refractivity contribution in [3.8, 4) is 5.75 Å². The van der Waals surface area contributed by atoms with E-state index in [1.807, 2.05) is 29.2 Å². The number of hydrogen-bond acceptors (Lipinski definition) is 4. The van der Waals surface area contributed by atoms with E-state index in [1.54, 1.807) is 6.21 Å². The summed E-state index contributed by atoms with van der Waals surface area (Å²) in [5.74, 6) is 0.653. The van der Waals surface area contributed by atoms with E-state index in [9.17, 15) is 15.0 Å². The summed E-state index contributed by atoms with van der Waals surface area (Å²) >= 11 is 0. The molecule has 1 aromatic carbocycles. The highest BCUT2D eigenvalue weighted by Crippen LogP contribution is 2.33. The van der Waals surface area contributed by atoms with E-state index >= 15 is 0 Å². The fourth-order valence-corrected chi connectivity index (χ4v) is 4.63. The third kappa shape index (κ3) is 3.93. The molecule has 1 aliphatic carbocycles. The minimum absolute atomic E-state index is 0.0484. The molecule has 2 aliphatic heterocycles. The van der Waals surface area contributed by atoms with Crippen LogP contribution in [0.15, 0.2) is 35.3 Å². The smallest absolute Gasteiger partial charge is 0.226 e. The van der Waals surface area contributed by atoms with Crippen molar-refractivity contribution >= 4 is 12.1 Å². The second-order valence-corrected chi connectivity index (χ2v) is 8.08. The SMILES string of the molecule is O=C1C(Cc2ccc(C3C=CC=NC3)cc2O)CCN1C1CCC(O)CC1. The lowest BCUT2D eigenvalue weighted by Gasteiger charge is -2.33. The average Bonchev–Trinajstić information content (AvgIpc) is 3.05. The molecule has 5 nitrogen and oxygen atoms in total. The summed E-state index contributed by atoms with van der Waals surface area (Å²) in [6.07, 6.45) is 10.5. The van der Waals surface area contributed by atoms with Gasteiger partial charge in [-0.3, -0.25) is 9.79 Å². The number of allylic oxidation sites excluding steroid dienone is 1. The number of phenolic OH excluding ortho intramolecular Hbond substituents is 1. The first kappa shape index (κ1) is 18.2. The molecule has 0 spiro atoms. The monoisotopic (exact) mass is 368 g/mol. The zero-order valence-electron chi connectivity index (χ0n) is 15.6. The Morgan fingerprint density at radius 2 is 1.96 bits per heavy atom. The molecular formula is C22H28N2O3. The van der Waals surface area contributed by atoms with Crippen LogP contribution in [-0.4, -0.2) is 52.5 Å². The van der Waals surface area contributed by atoms with Gasteiger partial charge in [-0.15, -0.1) is 0 Å². The number of aliphatic imine (C=N–C) groups is 1. The third-order valence-corrected chi connectivity index (χ3v) is 6.30. The van der Waals surface area contributed by atoms with Crippen LogP contribution in [0.5, 0.6) is 5.75 Å². The molecule has 1 aromatic rings. The van der Waals surface area contributed by atoms with E-state index in [2.05, 4.69) is 11.1 Å². The van der Waals surface area contributed by atoms with Crippen LogP contribution in [0.2, 0.25) is 0 Å². The summed E-state index contributed by atoms with van der Waals surface area (Å²) in [5, 5.41) is 20.2. The maximum atomic E-state index is 12.9. The highest BCUT2D eigenvalue weighted by Gasteiger charge is 2.37. The average molecular weight is 368 g/mol. The van der Waals surface area contributed by atoms with E-state index in [1.165, 1.54) is 0 Å². The number of carbonyl (C=O) groups is 1. The van der Waals surface area contributed by atoms with Gasteiger partial charge in [-0.25, -0.2) is 0 Å². The lowest BCUT2D eigenvalue weighted by Crippen LogP contribution is -2.41. The van der Waals surface area contributed by atoms with Crippen LogP contribution < -0.4 is 0 Å². The van der Waals surface area contributed by atoms with Gasteiger partial charge in [0.15, 0.2) is 0 Å². The van der Waals surface area contributed by atoms with Crippen molar-refractivity contribution in [1.82, 2.24) is 4.90 Å². The Bertz CT molecular complexity index is 750. The van der Waals surface area contributed by atoms with Gasteiger partial charge >= 0.3 is 0 Å². The van der Waals surface area contributed by atoms with Crippen molar-refractivity contribution in [3.05, 3.63) is 41.5 Å². The molecule has 0 radical (unpaired) electrons. The first-order chi connectivity index (χ1) is 13.1. The van der Waals surface area contributed by atoms with E-state index in [4.69, 9.17) is 0 Å². The van der Waals surface area contributed by atoms with Crippen LogP contribution >= 0.6 is 0 Å². The molecule has 0 bridgehead atoms. The molecule has 5 heteroatoms. The fourth-order valence-electron chi connectivity index (χ4n) is 4.63. The quantitative estimate of drug-likeness (QED) is 0.858. The van der Waals surface area contributed by atoms with Gasteiger partial charge in [-0.2, -0.15) is 0 Å². The van der Waals surface area contributed by atoms with Crippen molar-refractivity contribution < 1.29 is 15.0 Å². The largest absolute Gasteiger partial charge is 0.508 e. The predicted molar refractivity (Wildman–Crippen MR) is 105 cm³/mol. The lowest BCUT2D eigenvalue weighted by atomic mass is 9.91. The van der Waals surface area contributed by atoms with E-state index in [-0.39, 0.29) is 35.6 Å². The third-order valence-electron chi connectivity index (χ3n) is 6.30. The summed E-state index contributed by atoms with van der Waals surface area (Å²) in [6.45, 7) is 1.51. The van der Waals surface area contributed by atoms with Gasteiger partial charge in [-0.05, 0) is 61.8 Å². The Balaban J connectivity index is 1.40. The molecule has 27 heavy (non-hydrogen) atoms. The summed E-state index contributed by atoms with van der Waals surface area (Å²) in [7, 11) is 0. The van der Waals surface area contributed by atoms with Crippen LogP contribution in [-0.2, 0) is 11.2 Å². The highest BCUT2D eigenvalue weighted by molar-refractivity contribution is 5.81. The Hall–Kier alpha value is -2.14. The Morgan fingerprint density at radius 1 is 1.15 bits per heavy atom. The van der Waals surface area contributed by atoms with Gasteiger partial charge in [0, 0.05) is 37.2 Å². The Kier molecular flexibility index (Phi) is 5.30. The summed E-state index contributed by atoms with van der Waals surface area (Å²) in [5.41, 5.74) is 1.91. The van der Waals surface area contributed by atoms with Gasteiger partial charge < -0.3 is 15.1 Å². The van der Waals surface area contributed by atoms with Crippen LogP contribution in [0.3, 0.4) is 0 Å². The molecule has 2 heterocycles. The number of aromatic hydroxyl groups is 1. The van der Waals surface area contributed by atoms with E-state index in [0.29, 0.717) is 13.0 Å². The zero-order valence-corrected chi connectivity index (χ0v) is 15.6. The molecule has 0 aromatic heterocycles. The fraction of sp³-hybridized carbons (Fsp3) is 0.545. The highest BCUT2D eigenvalue weighted by atomic mass is 16.3. The lowest BCUT2D eigenvalue weighted by molar-refractivity contribution is -0.133. The number of amides is 1. The number of dihydropyridines is 1. The van der Waals surface area contributed by atoms with Gasteiger partial charge in [0.05, 0.1) is 6.10 Å². The van der Waals surface area contributed by atoms with Crippen LogP contribution in [0.4, 0.5) is 0 Å². The first-order valence-electron chi connectivity index (χ1n) is 10.1. The normalized spacial score (nSPS) is 30.9. The predicted octanol–water partition coefficient (Wildman–Crippen LogP) is 2.81. The second kappa shape index (κ2) is 7.85. The first-order valence-corrected chi connectivity index (χ1v) is 10.1. The van der Waals surface area contributed by atoms with Crippen molar-refractivity contribution in [3.63, 3.8) is 0 Å². The van der Waals surface area contributed by atoms with Crippen LogP contribution in [0, 0.1) is 5.92 Å². The summed E-state index contributed by atoms with van der Waals surface area (Å²) in [6, 6.07) is 6.11. The second-order valence-electron chi connectivity index (χ2n) is 8.08. The molecule has 3 aliphatic rings. The summed E-state index contributed by atoms with van der Waals surface area (Å²) < 4.78 is 0. The molecule has 1 amide bonds. The molecule has 2 fully saturated rings. The molecule has 4 rings (SSSR count). The number of aliphatic hydroxyl groups excluding tert-OH is 1.